The maximum absolute atomic E-state index is 12.3. The Kier molecular flexibility index (Phi) is 4.73. The van der Waals surface area contributed by atoms with Gasteiger partial charge in [0.2, 0.25) is 0 Å². The molecule has 0 radical (unpaired) electrons. The summed E-state index contributed by atoms with van der Waals surface area (Å²) in [6, 6.07) is 11.9. The number of Topliss-reactive ketones (excluding diaryl/α,β-unsaturated/α-hetero) is 1. The Morgan fingerprint density at radius 2 is 1.86 bits per heavy atom. The highest BCUT2D eigenvalue weighted by Crippen LogP contribution is 2.24. The van der Waals surface area contributed by atoms with E-state index in [1.807, 2.05) is 19.1 Å². The Balaban J connectivity index is 2.29. The van der Waals surface area contributed by atoms with Gasteiger partial charge < -0.3 is 14.9 Å². The van der Waals surface area contributed by atoms with E-state index < -0.39 is 11.9 Å². The molecule has 0 aliphatic carbocycles. The molecule has 4 heteroatoms. The normalized spacial score (nSPS) is 12.0. The van der Waals surface area contributed by atoms with Crippen LogP contribution in [0.5, 0.6) is 5.75 Å². The number of aliphatic hydroxyl groups is 2. The fraction of sp³-hybridized carbons (Fsp3) is 0.235. The summed E-state index contributed by atoms with van der Waals surface area (Å²) >= 11 is 0. The van der Waals surface area contributed by atoms with Crippen molar-refractivity contribution >= 4 is 5.78 Å². The molecular weight excluding hydrogens is 268 g/mol. The van der Waals surface area contributed by atoms with Crippen LogP contribution in [0.3, 0.4) is 0 Å². The lowest BCUT2D eigenvalue weighted by Crippen LogP contribution is -2.12. The van der Waals surface area contributed by atoms with Gasteiger partial charge in [-0.2, -0.15) is 0 Å². The first-order chi connectivity index (χ1) is 10.1. The number of aryl methyl sites for hydroxylation is 1. The molecule has 0 saturated heterocycles. The van der Waals surface area contributed by atoms with Gasteiger partial charge in [-0.05, 0) is 18.6 Å². The summed E-state index contributed by atoms with van der Waals surface area (Å²) in [7, 11) is 1.47. The van der Waals surface area contributed by atoms with Crippen molar-refractivity contribution in [2.75, 3.05) is 7.11 Å². The number of carbonyl (C=O) groups is 1. The van der Waals surface area contributed by atoms with Crippen LogP contribution >= 0.6 is 0 Å². The summed E-state index contributed by atoms with van der Waals surface area (Å²) < 4.78 is 5.13. The van der Waals surface area contributed by atoms with Gasteiger partial charge in [0.15, 0.2) is 5.78 Å². The number of rotatable bonds is 5. The third kappa shape index (κ3) is 3.29. The number of hydrogen-bond donors (Lipinski definition) is 2. The number of ketones is 1. The Morgan fingerprint density at radius 1 is 1.19 bits per heavy atom. The lowest BCUT2D eigenvalue weighted by atomic mass is 9.98. The number of aliphatic hydroxyl groups excluding tert-OH is 2. The molecular formula is C17H18O4. The van der Waals surface area contributed by atoms with Gasteiger partial charge >= 0.3 is 0 Å². The van der Waals surface area contributed by atoms with E-state index in [4.69, 9.17) is 4.74 Å². The second-order valence-electron chi connectivity index (χ2n) is 4.86. The molecule has 0 saturated carbocycles. The van der Waals surface area contributed by atoms with Crippen LogP contribution in [-0.2, 0) is 6.61 Å². The molecule has 1 unspecified atom stereocenters. The minimum Gasteiger partial charge on any atom is -0.496 e. The topological polar surface area (TPSA) is 66.8 Å². The summed E-state index contributed by atoms with van der Waals surface area (Å²) in [4.78, 5) is 12.3. The maximum atomic E-state index is 12.3. The Labute approximate surface area is 123 Å². The summed E-state index contributed by atoms with van der Waals surface area (Å²) in [5.41, 5.74) is 2.55. The maximum Gasteiger partial charge on any atom is 0.195 e. The van der Waals surface area contributed by atoms with Crippen LogP contribution in [0.1, 0.15) is 33.2 Å². The van der Waals surface area contributed by atoms with E-state index in [1.54, 1.807) is 24.3 Å². The summed E-state index contributed by atoms with van der Waals surface area (Å²) in [5.74, 6) is 0.0288. The van der Waals surface area contributed by atoms with E-state index in [1.165, 1.54) is 13.2 Å². The Hall–Kier alpha value is -2.17. The highest BCUT2D eigenvalue weighted by atomic mass is 16.5. The van der Waals surface area contributed by atoms with Crippen molar-refractivity contribution in [2.45, 2.75) is 19.6 Å². The number of benzene rings is 2. The fourth-order valence-electron chi connectivity index (χ4n) is 2.09. The zero-order chi connectivity index (χ0) is 15.4. The first-order valence-corrected chi connectivity index (χ1v) is 6.63. The minimum absolute atomic E-state index is 0.168. The molecule has 2 aromatic carbocycles. The monoisotopic (exact) mass is 286 g/mol. The standard InChI is InChI=1S/C17H18O4/c1-11-3-5-12(6-4-11)16(19)17(20)13-7-8-14(10-18)15(9-13)21-2/h3-9,16,18-19H,10H2,1-2H3. The third-order valence-electron chi connectivity index (χ3n) is 3.38. The van der Waals surface area contributed by atoms with E-state index in [2.05, 4.69) is 0 Å². The third-order valence-corrected chi connectivity index (χ3v) is 3.38. The summed E-state index contributed by atoms with van der Waals surface area (Å²) in [6.07, 6.45) is -1.21. The minimum atomic E-state index is -1.21. The Bertz CT molecular complexity index is 632. The van der Waals surface area contributed by atoms with Crippen molar-refractivity contribution in [1.82, 2.24) is 0 Å². The van der Waals surface area contributed by atoms with Gasteiger partial charge in [-0.25, -0.2) is 0 Å². The molecule has 0 spiro atoms. The molecule has 0 amide bonds. The Morgan fingerprint density at radius 3 is 2.43 bits per heavy atom. The number of methoxy groups -OCH3 is 1. The lowest BCUT2D eigenvalue weighted by Gasteiger charge is -2.12. The van der Waals surface area contributed by atoms with Gasteiger partial charge in [-0.15, -0.1) is 0 Å². The van der Waals surface area contributed by atoms with Crippen molar-refractivity contribution in [1.29, 1.82) is 0 Å². The van der Waals surface area contributed by atoms with Crippen LogP contribution in [0.15, 0.2) is 42.5 Å². The van der Waals surface area contributed by atoms with Gasteiger partial charge in [-0.3, -0.25) is 4.79 Å². The predicted octanol–water partition coefficient (Wildman–Crippen LogP) is 2.41. The van der Waals surface area contributed by atoms with Crippen molar-refractivity contribution < 1.29 is 19.7 Å². The van der Waals surface area contributed by atoms with Crippen LogP contribution in [0.25, 0.3) is 0 Å². The quantitative estimate of drug-likeness (QED) is 0.828. The highest BCUT2D eigenvalue weighted by Gasteiger charge is 2.20. The number of carbonyl (C=O) groups excluding carboxylic acids is 1. The number of hydrogen-bond acceptors (Lipinski definition) is 4. The van der Waals surface area contributed by atoms with E-state index >= 15 is 0 Å². The molecule has 0 heterocycles. The fourth-order valence-corrected chi connectivity index (χ4v) is 2.09. The van der Waals surface area contributed by atoms with E-state index in [-0.39, 0.29) is 6.61 Å². The largest absolute Gasteiger partial charge is 0.496 e. The van der Waals surface area contributed by atoms with Crippen molar-refractivity contribution in [2.24, 2.45) is 0 Å². The van der Waals surface area contributed by atoms with Crippen molar-refractivity contribution in [3.8, 4) is 5.75 Å². The molecule has 2 aromatic rings. The molecule has 0 bridgehead atoms. The van der Waals surface area contributed by atoms with Crippen LogP contribution in [-0.4, -0.2) is 23.1 Å². The highest BCUT2D eigenvalue weighted by molar-refractivity contribution is 6.00. The van der Waals surface area contributed by atoms with Crippen molar-refractivity contribution in [3.05, 3.63) is 64.7 Å². The van der Waals surface area contributed by atoms with Crippen LogP contribution in [0.4, 0.5) is 0 Å². The molecule has 0 aliphatic heterocycles. The smallest absolute Gasteiger partial charge is 0.195 e. The average molecular weight is 286 g/mol. The first kappa shape index (κ1) is 15.2. The van der Waals surface area contributed by atoms with Gasteiger partial charge in [0.1, 0.15) is 11.9 Å². The molecule has 110 valence electrons. The second kappa shape index (κ2) is 6.52. The lowest BCUT2D eigenvalue weighted by molar-refractivity contribution is 0.0747. The van der Waals surface area contributed by atoms with E-state index in [0.717, 1.165) is 5.56 Å². The van der Waals surface area contributed by atoms with E-state index in [9.17, 15) is 15.0 Å². The zero-order valence-corrected chi connectivity index (χ0v) is 12.0. The average Bonchev–Trinajstić information content (AvgIpc) is 2.53. The van der Waals surface area contributed by atoms with Crippen LogP contribution < -0.4 is 4.74 Å². The first-order valence-electron chi connectivity index (χ1n) is 6.63. The number of ether oxygens (including phenoxy) is 1. The predicted molar refractivity (Wildman–Crippen MR) is 79.4 cm³/mol. The molecule has 2 N–H and O–H groups in total. The molecule has 0 aromatic heterocycles. The zero-order valence-electron chi connectivity index (χ0n) is 12.0. The van der Waals surface area contributed by atoms with Gasteiger partial charge in [0, 0.05) is 11.1 Å². The second-order valence-corrected chi connectivity index (χ2v) is 4.86. The van der Waals surface area contributed by atoms with Crippen LogP contribution in [0.2, 0.25) is 0 Å². The summed E-state index contributed by atoms with van der Waals surface area (Å²) in [5, 5.41) is 19.4. The van der Waals surface area contributed by atoms with Crippen LogP contribution in [0, 0.1) is 6.92 Å². The SMILES string of the molecule is COc1cc(C(=O)C(O)c2ccc(C)cc2)ccc1CO. The van der Waals surface area contributed by atoms with Gasteiger partial charge in [-0.1, -0.05) is 42.0 Å². The molecule has 2 rings (SSSR count). The molecule has 4 nitrogen and oxygen atoms in total. The summed E-state index contributed by atoms with van der Waals surface area (Å²) in [6.45, 7) is 1.77. The molecule has 1 atom stereocenters. The molecule has 0 aliphatic rings. The molecule has 21 heavy (non-hydrogen) atoms. The van der Waals surface area contributed by atoms with E-state index in [0.29, 0.717) is 22.4 Å². The molecule has 0 fully saturated rings. The van der Waals surface area contributed by atoms with Crippen molar-refractivity contribution in [3.63, 3.8) is 0 Å². The van der Waals surface area contributed by atoms with Gasteiger partial charge in [0.25, 0.3) is 0 Å². The van der Waals surface area contributed by atoms with Gasteiger partial charge in [0.05, 0.1) is 13.7 Å².